The van der Waals surface area contributed by atoms with E-state index < -0.39 is 0 Å². The molecule has 1 saturated heterocycles. The summed E-state index contributed by atoms with van der Waals surface area (Å²) >= 11 is 5.97. The van der Waals surface area contributed by atoms with Crippen molar-refractivity contribution in [3.8, 4) is 0 Å². The summed E-state index contributed by atoms with van der Waals surface area (Å²) in [6, 6.07) is 8.16. The number of halogens is 1. The lowest BCUT2D eigenvalue weighted by molar-refractivity contribution is 0.0734. The highest BCUT2D eigenvalue weighted by atomic mass is 35.5. The maximum Gasteiger partial charge on any atom is 0.0407 e. The molecular formula is C17H28ClN3. The summed E-state index contributed by atoms with van der Waals surface area (Å²) in [5, 5.41) is 0.800. The van der Waals surface area contributed by atoms with E-state index in [-0.39, 0.29) is 5.54 Å². The van der Waals surface area contributed by atoms with Crippen LogP contribution in [0.25, 0.3) is 0 Å². The Labute approximate surface area is 134 Å². The third-order valence-electron chi connectivity index (χ3n) is 4.90. The van der Waals surface area contributed by atoms with Crippen molar-refractivity contribution in [3.05, 3.63) is 29.3 Å². The normalized spacial score (nSPS) is 19.5. The largest absolute Gasteiger partial charge is 0.369 e. The first-order chi connectivity index (χ1) is 10.1. The summed E-state index contributed by atoms with van der Waals surface area (Å²) in [4.78, 5) is 5.05. The van der Waals surface area contributed by atoms with Crippen LogP contribution in [0.4, 0.5) is 5.69 Å². The third-order valence-corrected chi connectivity index (χ3v) is 5.15. The molecule has 0 bridgehead atoms. The standard InChI is InChI=1S/C17H28ClN3/c1-3-9-17(4-2,14-19)21-12-10-20(11-13-21)16-7-5-15(18)6-8-16/h5-8H,3-4,9-14,19H2,1-2H3. The molecule has 1 heterocycles. The van der Waals surface area contributed by atoms with Gasteiger partial charge in [0.2, 0.25) is 0 Å². The summed E-state index contributed by atoms with van der Waals surface area (Å²) in [5.41, 5.74) is 7.59. The van der Waals surface area contributed by atoms with Crippen molar-refractivity contribution in [3.63, 3.8) is 0 Å². The Hall–Kier alpha value is -0.770. The number of rotatable bonds is 6. The Bertz CT molecular complexity index is 420. The highest BCUT2D eigenvalue weighted by molar-refractivity contribution is 6.30. The van der Waals surface area contributed by atoms with Gasteiger partial charge < -0.3 is 10.6 Å². The van der Waals surface area contributed by atoms with Crippen LogP contribution in [0.15, 0.2) is 24.3 Å². The first-order valence-corrected chi connectivity index (χ1v) is 8.48. The maximum absolute atomic E-state index is 6.13. The van der Waals surface area contributed by atoms with Crippen molar-refractivity contribution in [2.75, 3.05) is 37.6 Å². The molecule has 0 aromatic heterocycles. The van der Waals surface area contributed by atoms with Gasteiger partial charge in [-0.3, -0.25) is 4.90 Å². The zero-order valence-electron chi connectivity index (χ0n) is 13.3. The smallest absolute Gasteiger partial charge is 0.0407 e. The number of nitrogens with two attached hydrogens (primary N) is 1. The lowest BCUT2D eigenvalue weighted by atomic mass is 9.88. The zero-order chi connectivity index (χ0) is 15.3. The van der Waals surface area contributed by atoms with Crippen LogP contribution in [0.1, 0.15) is 33.1 Å². The molecule has 118 valence electrons. The van der Waals surface area contributed by atoms with Crippen molar-refractivity contribution in [2.24, 2.45) is 5.73 Å². The molecule has 1 fully saturated rings. The summed E-state index contributed by atoms with van der Waals surface area (Å²) in [5.74, 6) is 0. The molecule has 0 radical (unpaired) electrons. The second-order valence-corrected chi connectivity index (χ2v) is 6.42. The number of nitrogens with zero attached hydrogens (tertiary/aromatic N) is 2. The molecule has 1 unspecified atom stereocenters. The van der Waals surface area contributed by atoms with Gasteiger partial charge in [0.15, 0.2) is 0 Å². The molecule has 3 nitrogen and oxygen atoms in total. The molecule has 2 N–H and O–H groups in total. The maximum atomic E-state index is 6.13. The molecule has 1 atom stereocenters. The number of anilines is 1. The first kappa shape index (κ1) is 16.6. The molecule has 1 aromatic carbocycles. The van der Waals surface area contributed by atoms with Crippen LogP contribution in [0.3, 0.4) is 0 Å². The topological polar surface area (TPSA) is 32.5 Å². The minimum atomic E-state index is 0.195. The van der Waals surface area contributed by atoms with E-state index in [0.717, 1.165) is 44.2 Å². The fourth-order valence-electron chi connectivity index (χ4n) is 3.49. The number of hydrogen-bond donors (Lipinski definition) is 1. The Morgan fingerprint density at radius 1 is 1.10 bits per heavy atom. The Morgan fingerprint density at radius 3 is 2.19 bits per heavy atom. The summed E-state index contributed by atoms with van der Waals surface area (Å²) in [6.07, 6.45) is 3.53. The van der Waals surface area contributed by atoms with Gasteiger partial charge in [-0.25, -0.2) is 0 Å². The average molecular weight is 310 g/mol. The van der Waals surface area contributed by atoms with E-state index in [9.17, 15) is 0 Å². The van der Waals surface area contributed by atoms with Crippen LogP contribution < -0.4 is 10.6 Å². The van der Waals surface area contributed by atoms with E-state index in [2.05, 4.69) is 35.8 Å². The van der Waals surface area contributed by atoms with Crippen LogP contribution in [-0.4, -0.2) is 43.2 Å². The van der Waals surface area contributed by atoms with E-state index in [0.29, 0.717) is 0 Å². The fraction of sp³-hybridized carbons (Fsp3) is 0.647. The van der Waals surface area contributed by atoms with Crippen molar-refractivity contribution in [2.45, 2.75) is 38.6 Å². The van der Waals surface area contributed by atoms with Crippen molar-refractivity contribution in [1.29, 1.82) is 0 Å². The predicted molar refractivity (Wildman–Crippen MR) is 92.2 cm³/mol. The van der Waals surface area contributed by atoms with Gasteiger partial charge in [-0.15, -0.1) is 0 Å². The summed E-state index contributed by atoms with van der Waals surface area (Å²) in [6.45, 7) is 9.60. The minimum Gasteiger partial charge on any atom is -0.369 e. The third kappa shape index (κ3) is 3.71. The van der Waals surface area contributed by atoms with E-state index >= 15 is 0 Å². The first-order valence-electron chi connectivity index (χ1n) is 8.11. The lowest BCUT2D eigenvalue weighted by Gasteiger charge is -2.47. The molecule has 4 heteroatoms. The van der Waals surface area contributed by atoms with Gasteiger partial charge in [0.05, 0.1) is 0 Å². The summed E-state index contributed by atoms with van der Waals surface area (Å²) in [7, 11) is 0. The van der Waals surface area contributed by atoms with E-state index in [4.69, 9.17) is 17.3 Å². The Morgan fingerprint density at radius 2 is 1.71 bits per heavy atom. The molecule has 0 spiro atoms. The molecule has 1 aliphatic heterocycles. The minimum absolute atomic E-state index is 0.195. The molecule has 1 aliphatic rings. The van der Waals surface area contributed by atoms with Gasteiger partial charge in [0, 0.05) is 49.0 Å². The molecule has 0 aliphatic carbocycles. The Kier molecular flexibility index (Phi) is 5.91. The fourth-order valence-corrected chi connectivity index (χ4v) is 3.62. The second kappa shape index (κ2) is 7.48. The number of benzene rings is 1. The molecule has 0 amide bonds. The van der Waals surface area contributed by atoms with Gasteiger partial charge in [0.1, 0.15) is 0 Å². The lowest BCUT2D eigenvalue weighted by Crippen LogP contribution is -2.60. The van der Waals surface area contributed by atoms with Crippen LogP contribution >= 0.6 is 11.6 Å². The van der Waals surface area contributed by atoms with E-state index in [1.54, 1.807) is 0 Å². The van der Waals surface area contributed by atoms with E-state index in [1.165, 1.54) is 18.5 Å². The molecule has 1 aromatic rings. The monoisotopic (exact) mass is 309 g/mol. The number of piperazine rings is 1. The molecule has 21 heavy (non-hydrogen) atoms. The van der Waals surface area contributed by atoms with Crippen LogP contribution in [-0.2, 0) is 0 Å². The molecule has 2 rings (SSSR count). The van der Waals surface area contributed by atoms with Crippen molar-refractivity contribution < 1.29 is 0 Å². The van der Waals surface area contributed by atoms with Crippen molar-refractivity contribution in [1.82, 2.24) is 4.90 Å². The van der Waals surface area contributed by atoms with Gasteiger partial charge in [-0.2, -0.15) is 0 Å². The highest BCUT2D eigenvalue weighted by Crippen LogP contribution is 2.27. The SMILES string of the molecule is CCCC(CC)(CN)N1CCN(c2ccc(Cl)cc2)CC1. The van der Waals surface area contributed by atoms with Gasteiger partial charge in [-0.1, -0.05) is 31.9 Å². The van der Waals surface area contributed by atoms with E-state index in [1.807, 2.05) is 12.1 Å². The Balaban J connectivity index is 2.00. The van der Waals surface area contributed by atoms with Crippen LogP contribution in [0, 0.1) is 0 Å². The number of hydrogen-bond acceptors (Lipinski definition) is 3. The van der Waals surface area contributed by atoms with Crippen LogP contribution in [0.2, 0.25) is 5.02 Å². The summed E-state index contributed by atoms with van der Waals surface area (Å²) < 4.78 is 0. The second-order valence-electron chi connectivity index (χ2n) is 5.98. The van der Waals surface area contributed by atoms with Gasteiger partial charge in [0.25, 0.3) is 0 Å². The van der Waals surface area contributed by atoms with Crippen molar-refractivity contribution >= 4 is 17.3 Å². The molecular weight excluding hydrogens is 282 g/mol. The van der Waals surface area contributed by atoms with Gasteiger partial charge in [-0.05, 0) is 37.1 Å². The molecule has 0 saturated carbocycles. The average Bonchev–Trinajstić information content (AvgIpc) is 2.54. The predicted octanol–water partition coefficient (Wildman–Crippen LogP) is 3.37. The quantitative estimate of drug-likeness (QED) is 0.874. The zero-order valence-corrected chi connectivity index (χ0v) is 14.1. The highest BCUT2D eigenvalue weighted by Gasteiger charge is 2.34. The van der Waals surface area contributed by atoms with Gasteiger partial charge >= 0.3 is 0 Å². The van der Waals surface area contributed by atoms with Crippen LogP contribution in [0.5, 0.6) is 0 Å².